The van der Waals surface area contributed by atoms with Crippen LogP contribution in [0.2, 0.25) is 0 Å². The largest absolute Gasteiger partial charge is 2.00 e. The molecule has 2 unspecified atom stereocenters. The smallest absolute Gasteiger partial charge is 0.746 e. The van der Waals surface area contributed by atoms with E-state index >= 15 is 0 Å². The molecule has 0 aromatic rings. The van der Waals surface area contributed by atoms with Crippen molar-refractivity contribution in [3.63, 3.8) is 0 Å². The van der Waals surface area contributed by atoms with Crippen LogP contribution < -0.4 is 10.6 Å². The summed E-state index contributed by atoms with van der Waals surface area (Å²) in [6.45, 7) is 12.4. The van der Waals surface area contributed by atoms with Crippen LogP contribution in [0.1, 0.15) is 27.7 Å². The summed E-state index contributed by atoms with van der Waals surface area (Å²) in [6, 6.07) is 0. The van der Waals surface area contributed by atoms with Gasteiger partial charge in [-0.2, -0.15) is 0 Å². The van der Waals surface area contributed by atoms with E-state index in [1.54, 1.807) is 0 Å². The first-order valence-electron chi connectivity index (χ1n) is 7.33. The van der Waals surface area contributed by atoms with Gasteiger partial charge in [0.15, 0.2) is 0 Å². The molecule has 10 nitrogen and oxygen atoms in total. The molecule has 27 heavy (non-hydrogen) atoms. The van der Waals surface area contributed by atoms with Crippen LogP contribution in [-0.4, -0.2) is 48.5 Å². The number of hydrogen-bond acceptors (Lipinski definition) is 8. The van der Waals surface area contributed by atoms with Crippen LogP contribution in [-0.2, 0) is 49.3 Å². The van der Waals surface area contributed by atoms with E-state index in [4.69, 9.17) is 0 Å². The summed E-state index contributed by atoms with van der Waals surface area (Å²) >= 11 is 0. The molecule has 2 amide bonds. The van der Waals surface area contributed by atoms with Crippen LogP contribution in [0, 0.1) is 11.8 Å². The second-order valence-electron chi connectivity index (χ2n) is 5.74. The molecule has 2 atom stereocenters. The Kier molecular flexibility index (Phi) is 14.9. The van der Waals surface area contributed by atoms with Gasteiger partial charge < -0.3 is 19.7 Å². The Balaban J connectivity index is -0.000000411. The fourth-order valence-electron chi connectivity index (χ4n) is 1.54. The topological polar surface area (TPSA) is 173 Å². The first kappa shape index (κ1) is 30.6. The molecule has 0 aromatic heterocycles. The molecule has 0 aliphatic heterocycles. The van der Waals surface area contributed by atoms with Gasteiger partial charge in [-0.25, -0.2) is 16.8 Å². The van der Waals surface area contributed by atoms with Crippen molar-refractivity contribution in [2.75, 3.05) is 0 Å². The number of nitrogens with one attached hydrogen (secondary N) is 2. The Morgan fingerprint density at radius 3 is 1.11 bits per heavy atom. The monoisotopic (exact) mass is 476 g/mol. The standard InChI is InChI=1S/2C7H13NO4S.Zn/c2*1-4-6(9)8-7(5(2)3)13(10,11)12;/h2*4-5,7H,1H2,2-3H3,(H,8,9)(H,10,11,12);/q;;+2/p-2. The van der Waals surface area contributed by atoms with Gasteiger partial charge in [0.2, 0.25) is 11.8 Å². The van der Waals surface area contributed by atoms with Gasteiger partial charge >= 0.3 is 19.5 Å². The third-order valence-corrected chi connectivity index (χ3v) is 5.34. The average molecular weight is 478 g/mol. The summed E-state index contributed by atoms with van der Waals surface area (Å²) in [4.78, 5) is 21.5. The summed E-state index contributed by atoms with van der Waals surface area (Å²) in [7, 11) is -9.00. The van der Waals surface area contributed by atoms with Gasteiger partial charge in [0.1, 0.15) is 31.0 Å². The van der Waals surface area contributed by atoms with E-state index in [9.17, 15) is 35.5 Å². The van der Waals surface area contributed by atoms with E-state index in [2.05, 4.69) is 13.2 Å². The quantitative estimate of drug-likeness (QED) is 0.270. The van der Waals surface area contributed by atoms with Crippen molar-refractivity contribution in [3.8, 4) is 0 Å². The number of hydrogen-bond donors (Lipinski definition) is 2. The molecule has 0 aromatic carbocycles. The van der Waals surface area contributed by atoms with E-state index in [1.165, 1.54) is 27.7 Å². The normalized spacial score (nSPS) is 13.3. The molecule has 0 radical (unpaired) electrons. The van der Waals surface area contributed by atoms with Gasteiger partial charge in [-0.3, -0.25) is 9.59 Å². The van der Waals surface area contributed by atoms with E-state index < -0.39 is 54.6 Å². The maximum absolute atomic E-state index is 10.7. The Hall–Kier alpha value is -1.14. The maximum Gasteiger partial charge on any atom is 2.00 e. The molecule has 0 rings (SSSR count). The molecule has 0 spiro atoms. The molecule has 0 bridgehead atoms. The summed E-state index contributed by atoms with van der Waals surface area (Å²) < 4.78 is 63.7. The van der Waals surface area contributed by atoms with Crippen molar-refractivity contribution >= 4 is 32.1 Å². The van der Waals surface area contributed by atoms with Crippen molar-refractivity contribution in [2.24, 2.45) is 11.8 Å². The Morgan fingerprint density at radius 1 is 0.778 bits per heavy atom. The van der Waals surface area contributed by atoms with Gasteiger partial charge in [0.05, 0.1) is 0 Å². The molecule has 0 heterocycles. The Bertz CT molecular complexity index is 655. The molecule has 0 saturated heterocycles. The average Bonchev–Trinajstić information content (AvgIpc) is 2.47. The summed E-state index contributed by atoms with van der Waals surface area (Å²) in [6.07, 6.45) is 1.83. The van der Waals surface area contributed by atoms with Crippen molar-refractivity contribution in [1.82, 2.24) is 10.6 Å². The second-order valence-corrected chi connectivity index (χ2v) is 8.73. The number of carbonyl (C=O) groups is 2. The predicted octanol–water partition coefficient (Wildman–Crippen LogP) is -0.371. The van der Waals surface area contributed by atoms with Crippen molar-refractivity contribution in [3.05, 3.63) is 25.3 Å². The maximum atomic E-state index is 10.7. The zero-order valence-corrected chi connectivity index (χ0v) is 20.3. The van der Waals surface area contributed by atoms with Gasteiger partial charge in [-0.05, 0) is 24.0 Å². The molecular formula is C14H24N2O8S2Zn. The van der Waals surface area contributed by atoms with E-state index in [-0.39, 0.29) is 19.5 Å². The van der Waals surface area contributed by atoms with Crippen LogP contribution >= 0.6 is 0 Å². The first-order valence-corrected chi connectivity index (χ1v) is 10.3. The minimum atomic E-state index is -4.50. The van der Waals surface area contributed by atoms with Gasteiger partial charge in [-0.15, -0.1) is 0 Å². The van der Waals surface area contributed by atoms with E-state index in [0.717, 1.165) is 12.2 Å². The third-order valence-electron chi connectivity index (χ3n) is 2.77. The zero-order chi connectivity index (χ0) is 21.3. The van der Waals surface area contributed by atoms with Crippen LogP contribution in [0.3, 0.4) is 0 Å². The van der Waals surface area contributed by atoms with Crippen molar-refractivity contribution in [1.29, 1.82) is 0 Å². The molecular weight excluding hydrogens is 454 g/mol. The Labute approximate surface area is 173 Å². The van der Waals surface area contributed by atoms with Gasteiger partial charge in [-0.1, -0.05) is 40.9 Å². The summed E-state index contributed by atoms with van der Waals surface area (Å²) in [5.74, 6) is -2.27. The first-order chi connectivity index (χ1) is 11.6. The molecule has 0 fully saturated rings. The van der Waals surface area contributed by atoms with Crippen molar-refractivity contribution < 1.29 is 55.0 Å². The van der Waals surface area contributed by atoms with Crippen LogP contribution in [0.25, 0.3) is 0 Å². The van der Waals surface area contributed by atoms with Gasteiger partial charge in [0, 0.05) is 0 Å². The van der Waals surface area contributed by atoms with Crippen LogP contribution in [0.15, 0.2) is 25.3 Å². The fourth-order valence-corrected chi connectivity index (χ4v) is 3.40. The van der Waals surface area contributed by atoms with E-state index in [0.29, 0.717) is 0 Å². The minimum absolute atomic E-state index is 0. The SMILES string of the molecule is C=CC(=O)NC(C(C)C)S(=O)(=O)[O-].C=CC(=O)NC(C(C)C)S(=O)(=O)[O-].[Zn+2]. The van der Waals surface area contributed by atoms with Gasteiger partial charge in [0.25, 0.3) is 0 Å². The fraction of sp³-hybridized carbons (Fsp3) is 0.571. The number of amides is 2. The zero-order valence-electron chi connectivity index (χ0n) is 15.7. The number of carbonyl (C=O) groups excluding carboxylic acids is 2. The number of rotatable bonds is 8. The minimum Gasteiger partial charge on any atom is -0.746 e. The molecule has 0 saturated carbocycles. The molecule has 0 aliphatic rings. The summed E-state index contributed by atoms with van der Waals surface area (Å²) in [5.41, 5.74) is 0. The van der Waals surface area contributed by atoms with E-state index in [1.807, 2.05) is 10.6 Å². The molecule has 13 heteroatoms. The van der Waals surface area contributed by atoms with Crippen LogP contribution in [0.5, 0.6) is 0 Å². The molecule has 2 N–H and O–H groups in total. The summed E-state index contributed by atoms with van der Waals surface area (Å²) in [5, 5.41) is 1.32. The van der Waals surface area contributed by atoms with Crippen molar-refractivity contribution in [2.45, 2.75) is 38.4 Å². The predicted molar refractivity (Wildman–Crippen MR) is 93.3 cm³/mol. The Morgan fingerprint density at radius 2 is 1.00 bits per heavy atom. The van der Waals surface area contributed by atoms with Crippen LogP contribution in [0.4, 0.5) is 0 Å². The molecule has 152 valence electrons. The molecule has 0 aliphatic carbocycles. The second kappa shape index (κ2) is 13.1. The third kappa shape index (κ3) is 13.6.